The smallest absolute Gasteiger partial charge is 0.311 e. The van der Waals surface area contributed by atoms with Gasteiger partial charge in [-0.05, 0) is 12.1 Å². The number of nitrogens with one attached hydrogen (secondary N) is 1. The van der Waals surface area contributed by atoms with E-state index >= 15 is 0 Å². The molecule has 0 saturated carbocycles. The van der Waals surface area contributed by atoms with Crippen molar-refractivity contribution in [2.75, 3.05) is 17.6 Å². The lowest BCUT2D eigenvalue weighted by Crippen LogP contribution is -2.50. The number of nitriles is 1. The first-order valence-corrected chi connectivity index (χ1v) is 10.3. The Morgan fingerprint density at radius 3 is 2.72 bits per heavy atom. The molecule has 156 valence electrons. The highest BCUT2D eigenvalue weighted by Gasteiger charge is 2.30. The van der Waals surface area contributed by atoms with Crippen molar-refractivity contribution >= 4 is 21.9 Å². The molecule has 0 fully saturated rings. The highest BCUT2D eigenvalue weighted by atomic mass is 32.2. The van der Waals surface area contributed by atoms with Crippen LogP contribution in [0.4, 0.5) is 6.01 Å². The Balaban J connectivity index is 2.20. The molecule has 2 rings (SSSR count). The van der Waals surface area contributed by atoms with E-state index in [1.807, 2.05) is 0 Å². The van der Waals surface area contributed by atoms with E-state index < -0.39 is 34.2 Å². The van der Waals surface area contributed by atoms with Crippen LogP contribution >= 0.6 is 0 Å². The number of sulfonamides is 1. The van der Waals surface area contributed by atoms with Crippen LogP contribution in [0.3, 0.4) is 0 Å². The van der Waals surface area contributed by atoms with E-state index in [4.69, 9.17) is 9.68 Å². The minimum atomic E-state index is -3.63. The van der Waals surface area contributed by atoms with Gasteiger partial charge in [-0.1, -0.05) is 6.07 Å². The van der Waals surface area contributed by atoms with Crippen molar-refractivity contribution < 1.29 is 27.8 Å². The predicted molar refractivity (Wildman–Crippen MR) is 101 cm³/mol. The summed E-state index contributed by atoms with van der Waals surface area (Å²) >= 11 is 0. The number of aliphatic hydroxyl groups is 2. The Kier molecular flexibility index (Phi) is 7.27. The van der Waals surface area contributed by atoms with Crippen molar-refractivity contribution in [2.45, 2.75) is 31.1 Å². The van der Waals surface area contributed by atoms with E-state index in [1.165, 1.54) is 13.2 Å². The molecule has 2 aromatic rings. The van der Waals surface area contributed by atoms with Crippen LogP contribution < -0.4 is 9.62 Å². The molecule has 11 nitrogen and oxygen atoms in total. The van der Waals surface area contributed by atoms with Gasteiger partial charge in [-0.15, -0.1) is 0 Å². The first-order chi connectivity index (χ1) is 13.6. The predicted octanol–water partition coefficient (Wildman–Crippen LogP) is -0.558. The highest BCUT2D eigenvalue weighted by Crippen LogP contribution is 2.16. The second-order valence-electron chi connectivity index (χ2n) is 6.27. The summed E-state index contributed by atoms with van der Waals surface area (Å²) in [6.45, 7) is 0. The fraction of sp³-hybridized carbons (Fsp3) is 0.412. The largest absolute Gasteiger partial charge is 0.430 e. The zero-order valence-electron chi connectivity index (χ0n) is 15.8. The van der Waals surface area contributed by atoms with Gasteiger partial charge in [0.1, 0.15) is 12.4 Å². The third-order valence-electron chi connectivity index (χ3n) is 4.07. The summed E-state index contributed by atoms with van der Waals surface area (Å²) in [5.74, 6) is -0.758. The monoisotopic (exact) mass is 423 g/mol. The molecule has 0 spiro atoms. The molecule has 0 saturated heterocycles. The van der Waals surface area contributed by atoms with Crippen LogP contribution in [-0.4, -0.2) is 66.1 Å². The van der Waals surface area contributed by atoms with E-state index in [2.05, 4.69) is 15.3 Å². The van der Waals surface area contributed by atoms with Crippen molar-refractivity contribution in [3.63, 3.8) is 0 Å². The van der Waals surface area contributed by atoms with Crippen molar-refractivity contribution in [3.8, 4) is 6.07 Å². The van der Waals surface area contributed by atoms with Crippen molar-refractivity contribution in [1.82, 2.24) is 15.3 Å². The summed E-state index contributed by atoms with van der Waals surface area (Å²) in [5, 5.41) is 31.6. The van der Waals surface area contributed by atoms with E-state index in [-0.39, 0.29) is 24.6 Å². The number of carbonyl (C=O) groups excluding carboxylic acids is 1. The molecule has 0 radical (unpaired) electrons. The Bertz CT molecular complexity index is 972. The standard InChI is InChI=1S/C17H21N5O6S/c1-22(29(2,26)27)17-21-13(10-28-17)16(25)20-12(15(24)14(23)6-7-18)9-11-5-3-4-8-19-11/h3-5,8,10,12,14-15,23-24H,6,9H2,1-2H3,(H,20,25). The van der Waals surface area contributed by atoms with Gasteiger partial charge in [0.15, 0.2) is 5.69 Å². The lowest BCUT2D eigenvalue weighted by molar-refractivity contribution is -0.000561. The van der Waals surface area contributed by atoms with Crippen LogP contribution in [0.15, 0.2) is 35.1 Å². The highest BCUT2D eigenvalue weighted by molar-refractivity contribution is 7.92. The quantitative estimate of drug-likeness (QED) is 0.478. The minimum Gasteiger partial charge on any atom is -0.430 e. The van der Waals surface area contributed by atoms with Crippen molar-refractivity contribution in [2.24, 2.45) is 0 Å². The van der Waals surface area contributed by atoms with Gasteiger partial charge in [0.25, 0.3) is 5.91 Å². The molecule has 0 aliphatic rings. The first kappa shape index (κ1) is 22.3. The fourth-order valence-electron chi connectivity index (χ4n) is 2.38. The number of anilines is 1. The number of hydrogen-bond donors (Lipinski definition) is 3. The van der Waals surface area contributed by atoms with Gasteiger partial charge < -0.3 is 19.9 Å². The van der Waals surface area contributed by atoms with E-state index in [9.17, 15) is 23.4 Å². The van der Waals surface area contributed by atoms with Gasteiger partial charge in [-0.2, -0.15) is 10.2 Å². The van der Waals surface area contributed by atoms with Gasteiger partial charge in [-0.3, -0.25) is 9.78 Å². The first-order valence-electron chi connectivity index (χ1n) is 8.46. The Labute approximate surface area is 167 Å². The van der Waals surface area contributed by atoms with Crippen LogP contribution in [0.5, 0.6) is 0 Å². The van der Waals surface area contributed by atoms with Crippen molar-refractivity contribution in [1.29, 1.82) is 5.26 Å². The molecule has 0 aliphatic heterocycles. The molecular formula is C17H21N5O6S. The summed E-state index contributed by atoms with van der Waals surface area (Å²) in [4.78, 5) is 20.5. The lowest BCUT2D eigenvalue weighted by Gasteiger charge is -2.26. The van der Waals surface area contributed by atoms with E-state index in [0.717, 1.165) is 16.8 Å². The second kappa shape index (κ2) is 9.46. The molecule has 2 heterocycles. The molecule has 12 heteroatoms. The second-order valence-corrected chi connectivity index (χ2v) is 8.28. The van der Waals surface area contributed by atoms with Gasteiger partial charge in [0, 0.05) is 25.4 Å². The maximum atomic E-state index is 12.5. The van der Waals surface area contributed by atoms with Crippen LogP contribution in [-0.2, 0) is 16.4 Å². The van der Waals surface area contributed by atoms with Crippen LogP contribution in [0.2, 0.25) is 0 Å². The summed E-state index contributed by atoms with van der Waals surface area (Å²) in [6, 6.07) is 5.57. The molecule has 2 aromatic heterocycles. The van der Waals surface area contributed by atoms with Crippen LogP contribution in [0, 0.1) is 11.3 Å². The van der Waals surface area contributed by atoms with Crippen molar-refractivity contribution in [3.05, 3.63) is 42.0 Å². The summed E-state index contributed by atoms with van der Waals surface area (Å²) in [5.41, 5.74) is 0.321. The molecule has 29 heavy (non-hydrogen) atoms. The fourth-order valence-corrected chi connectivity index (χ4v) is 2.75. The Hall–Kier alpha value is -3.01. The third-order valence-corrected chi connectivity index (χ3v) is 5.22. The number of amides is 1. The van der Waals surface area contributed by atoms with E-state index in [1.54, 1.807) is 24.3 Å². The minimum absolute atomic E-state index is 0.0736. The molecule has 1 amide bonds. The number of oxazole rings is 1. The number of aromatic nitrogens is 2. The Morgan fingerprint density at radius 1 is 1.41 bits per heavy atom. The molecule has 3 unspecified atom stereocenters. The SMILES string of the molecule is CN(c1nc(C(=O)NC(Cc2ccccn2)C(O)C(O)CC#N)co1)S(C)(=O)=O. The number of pyridine rings is 1. The molecule has 0 aromatic carbocycles. The lowest BCUT2D eigenvalue weighted by atomic mass is 9.98. The van der Waals surface area contributed by atoms with Gasteiger partial charge in [0.05, 0.1) is 30.9 Å². The maximum Gasteiger partial charge on any atom is 0.311 e. The number of carbonyl (C=O) groups is 1. The topological polar surface area (TPSA) is 170 Å². The van der Waals surface area contributed by atoms with E-state index in [0.29, 0.717) is 5.69 Å². The third kappa shape index (κ3) is 5.98. The number of nitrogens with zero attached hydrogens (tertiary/aromatic N) is 4. The average molecular weight is 423 g/mol. The zero-order valence-corrected chi connectivity index (χ0v) is 16.6. The summed E-state index contributed by atoms with van der Waals surface area (Å²) in [7, 11) is -2.41. The number of hydrogen-bond acceptors (Lipinski definition) is 9. The molecule has 3 atom stereocenters. The summed E-state index contributed by atoms with van der Waals surface area (Å²) in [6.07, 6.45) is 0.364. The molecule has 0 bridgehead atoms. The summed E-state index contributed by atoms with van der Waals surface area (Å²) < 4.78 is 28.9. The average Bonchev–Trinajstić information content (AvgIpc) is 3.16. The molecule has 3 N–H and O–H groups in total. The van der Waals surface area contributed by atoms with Crippen LogP contribution in [0.1, 0.15) is 22.6 Å². The zero-order chi connectivity index (χ0) is 21.6. The maximum absolute atomic E-state index is 12.5. The van der Waals surface area contributed by atoms with Gasteiger partial charge in [-0.25, -0.2) is 12.7 Å². The number of aliphatic hydroxyl groups excluding tert-OH is 2. The van der Waals surface area contributed by atoms with Gasteiger partial charge in [0.2, 0.25) is 10.0 Å². The van der Waals surface area contributed by atoms with Crippen LogP contribution in [0.25, 0.3) is 0 Å². The molecule has 0 aliphatic carbocycles. The number of rotatable bonds is 9. The normalized spacial score (nSPS) is 14.4. The molecular weight excluding hydrogens is 402 g/mol. The van der Waals surface area contributed by atoms with Gasteiger partial charge >= 0.3 is 6.01 Å². The Morgan fingerprint density at radius 2 is 2.14 bits per heavy atom.